The quantitative estimate of drug-likeness (QED) is 0.675. The van der Waals surface area contributed by atoms with Gasteiger partial charge in [0.15, 0.2) is 0 Å². The lowest BCUT2D eigenvalue weighted by molar-refractivity contribution is -0.114. The molecule has 0 atom stereocenters. The van der Waals surface area contributed by atoms with Crippen LogP contribution in [0.3, 0.4) is 0 Å². The third-order valence-corrected chi connectivity index (χ3v) is 3.65. The molecule has 0 N–H and O–H groups in total. The van der Waals surface area contributed by atoms with Crippen LogP contribution in [-0.4, -0.2) is 15.7 Å². The molecular weight excluding hydrogens is 302 g/mol. The number of aryl methyl sites for hydroxylation is 2. The molecule has 0 unspecified atom stereocenters. The molecule has 0 saturated heterocycles. The lowest BCUT2D eigenvalue weighted by Crippen LogP contribution is -2.28. The summed E-state index contributed by atoms with van der Waals surface area (Å²) in [5.41, 5.74) is 2.86. The normalized spacial score (nSPS) is 11.1. The van der Waals surface area contributed by atoms with E-state index in [2.05, 4.69) is 5.10 Å². The number of amides is 1. The highest BCUT2D eigenvalue weighted by molar-refractivity contribution is 6.03. The van der Waals surface area contributed by atoms with Gasteiger partial charge in [-0.1, -0.05) is 17.7 Å². The third kappa shape index (κ3) is 3.81. The summed E-state index contributed by atoms with van der Waals surface area (Å²) < 4.78 is 7.09. The predicted molar refractivity (Wildman–Crippen MR) is 93.3 cm³/mol. The van der Waals surface area contributed by atoms with Crippen LogP contribution in [-0.2, 0) is 18.4 Å². The minimum Gasteiger partial charge on any atom is -0.467 e. The molecule has 2 aromatic heterocycles. The van der Waals surface area contributed by atoms with E-state index >= 15 is 0 Å². The number of hydrogen-bond acceptors (Lipinski definition) is 3. The van der Waals surface area contributed by atoms with E-state index in [9.17, 15) is 4.79 Å². The lowest BCUT2D eigenvalue weighted by atomic mass is 10.2. The van der Waals surface area contributed by atoms with Crippen molar-refractivity contribution in [1.82, 2.24) is 9.78 Å². The number of furan rings is 1. The number of aromatic nitrogens is 2. The molecule has 1 amide bonds. The predicted octanol–water partition coefficient (Wildman–Crippen LogP) is 3.57. The largest absolute Gasteiger partial charge is 0.467 e. The Morgan fingerprint density at radius 3 is 2.71 bits per heavy atom. The van der Waals surface area contributed by atoms with E-state index in [1.54, 1.807) is 34.2 Å². The first-order valence-corrected chi connectivity index (χ1v) is 7.69. The van der Waals surface area contributed by atoms with Crippen LogP contribution in [0.25, 0.3) is 6.08 Å². The average molecular weight is 321 g/mol. The van der Waals surface area contributed by atoms with Crippen LogP contribution in [0.4, 0.5) is 5.69 Å². The van der Waals surface area contributed by atoms with E-state index in [0.717, 1.165) is 22.6 Å². The number of anilines is 1. The van der Waals surface area contributed by atoms with Crippen molar-refractivity contribution in [2.24, 2.45) is 7.05 Å². The standard InChI is InChI=1S/C19H19N3O2/c1-15-5-8-17(9-6-15)22(14-18-4-3-11-24-18)19(23)10-7-16-12-20-21(2)13-16/h3-13H,14H2,1-2H3/b10-7-. The van der Waals surface area contributed by atoms with Crippen molar-refractivity contribution in [3.8, 4) is 0 Å². The molecule has 0 spiro atoms. The number of hydrogen-bond donors (Lipinski definition) is 0. The summed E-state index contributed by atoms with van der Waals surface area (Å²) in [7, 11) is 1.84. The monoisotopic (exact) mass is 321 g/mol. The summed E-state index contributed by atoms with van der Waals surface area (Å²) in [6.45, 7) is 2.40. The molecule has 5 nitrogen and oxygen atoms in total. The summed E-state index contributed by atoms with van der Waals surface area (Å²) >= 11 is 0. The number of nitrogens with zero attached hydrogens (tertiary/aromatic N) is 3. The Kier molecular flexibility index (Phi) is 4.61. The van der Waals surface area contributed by atoms with Crippen LogP contribution in [0, 0.1) is 6.92 Å². The molecule has 0 fully saturated rings. The van der Waals surface area contributed by atoms with E-state index < -0.39 is 0 Å². The van der Waals surface area contributed by atoms with Crippen molar-refractivity contribution >= 4 is 17.7 Å². The minimum absolute atomic E-state index is 0.112. The fourth-order valence-electron chi connectivity index (χ4n) is 2.36. The molecular formula is C19H19N3O2. The van der Waals surface area contributed by atoms with Gasteiger partial charge in [0.1, 0.15) is 5.76 Å². The highest BCUT2D eigenvalue weighted by Gasteiger charge is 2.15. The molecule has 2 heterocycles. The molecule has 1 aromatic carbocycles. The summed E-state index contributed by atoms with van der Waals surface area (Å²) in [4.78, 5) is 14.4. The molecule has 0 saturated carbocycles. The van der Waals surface area contributed by atoms with Gasteiger partial charge in [-0.2, -0.15) is 5.10 Å². The van der Waals surface area contributed by atoms with Crippen LogP contribution in [0.2, 0.25) is 0 Å². The van der Waals surface area contributed by atoms with Gasteiger partial charge in [0.05, 0.1) is 19.0 Å². The summed E-state index contributed by atoms with van der Waals surface area (Å²) in [6, 6.07) is 11.5. The second kappa shape index (κ2) is 7.00. The van der Waals surface area contributed by atoms with Gasteiger partial charge >= 0.3 is 0 Å². The second-order valence-electron chi connectivity index (χ2n) is 5.62. The van der Waals surface area contributed by atoms with Crippen LogP contribution in [0.5, 0.6) is 0 Å². The zero-order chi connectivity index (χ0) is 16.9. The lowest BCUT2D eigenvalue weighted by Gasteiger charge is -2.20. The van der Waals surface area contributed by atoms with Gasteiger partial charge in [-0.15, -0.1) is 0 Å². The van der Waals surface area contributed by atoms with E-state index in [0.29, 0.717) is 6.54 Å². The zero-order valence-electron chi connectivity index (χ0n) is 13.7. The molecule has 3 aromatic rings. The summed E-state index contributed by atoms with van der Waals surface area (Å²) in [5.74, 6) is 0.623. The molecule has 5 heteroatoms. The Morgan fingerprint density at radius 2 is 2.08 bits per heavy atom. The van der Waals surface area contributed by atoms with Crippen LogP contribution in [0.1, 0.15) is 16.9 Å². The Bertz CT molecular complexity index is 830. The van der Waals surface area contributed by atoms with Crippen molar-refractivity contribution < 1.29 is 9.21 Å². The van der Waals surface area contributed by atoms with Crippen LogP contribution in [0.15, 0.2) is 65.5 Å². The van der Waals surface area contributed by atoms with Gasteiger partial charge in [0.2, 0.25) is 0 Å². The maximum Gasteiger partial charge on any atom is 0.251 e. The minimum atomic E-state index is -0.112. The number of carbonyl (C=O) groups is 1. The maximum atomic E-state index is 12.7. The maximum absolute atomic E-state index is 12.7. The molecule has 0 bridgehead atoms. The molecule has 122 valence electrons. The Balaban J connectivity index is 1.84. The van der Waals surface area contributed by atoms with E-state index in [-0.39, 0.29) is 5.91 Å². The fourth-order valence-corrected chi connectivity index (χ4v) is 2.36. The van der Waals surface area contributed by atoms with Gasteiger partial charge in [-0.05, 0) is 37.3 Å². The number of benzene rings is 1. The molecule has 24 heavy (non-hydrogen) atoms. The summed E-state index contributed by atoms with van der Waals surface area (Å²) in [6.07, 6.45) is 8.50. The van der Waals surface area contributed by atoms with Crippen molar-refractivity contribution in [2.45, 2.75) is 13.5 Å². The molecule has 0 aliphatic carbocycles. The first kappa shape index (κ1) is 15.8. The highest BCUT2D eigenvalue weighted by atomic mass is 16.3. The fraction of sp³-hybridized carbons (Fsp3) is 0.158. The van der Waals surface area contributed by atoms with E-state index in [1.807, 2.05) is 56.6 Å². The Hall–Kier alpha value is -3.08. The van der Waals surface area contributed by atoms with Crippen molar-refractivity contribution in [1.29, 1.82) is 0 Å². The van der Waals surface area contributed by atoms with E-state index in [4.69, 9.17) is 4.42 Å². The zero-order valence-corrected chi connectivity index (χ0v) is 13.7. The molecule has 0 aliphatic rings. The van der Waals surface area contributed by atoms with Crippen molar-refractivity contribution in [2.75, 3.05) is 4.90 Å². The number of rotatable bonds is 5. The van der Waals surface area contributed by atoms with Gasteiger partial charge < -0.3 is 9.32 Å². The van der Waals surface area contributed by atoms with Gasteiger partial charge in [-0.3, -0.25) is 9.48 Å². The van der Waals surface area contributed by atoms with Gasteiger partial charge in [0, 0.05) is 30.6 Å². The molecule has 0 radical (unpaired) electrons. The van der Waals surface area contributed by atoms with Crippen LogP contribution >= 0.6 is 0 Å². The number of carbonyl (C=O) groups excluding carboxylic acids is 1. The topological polar surface area (TPSA) is 51.3 Å². The highest BCUT2D eigenvalue weighted by Crippen LogP contribution is 2.19. The van der Waals surface area contributed by atoms with Crippen molar-refractivity contribution in [3.05, 3.63) is 78.0 Å². The average Bonchev–Trinajstić information content (AvgIpc) is 3.23. The van der Waals surface area contributed by atoms with Crippen molar-refractivity contribution in [3.63, 3.8) is 0 Å². The molecule has 3 rings (SSSR count). The first-order chi connectivity index (χ1) is 11.6. The van der Waals surface area contributed by atoms with E-state index in [1.165, 1.54) is 0 Å². The first-order valence-electron chi connectivity index (χ1n) is 7.69. The van der Waals surface area contributed by atoms with Gasteiger partial charge in [-0.25, -0.2) is 0 Å². The van der Waals surface area contributed by atoms with Gasteiger partial charge in [0.25, 0.3) is 5.91 Å². The Labute approximate surface area is 140 Å². The third-order valence-electron chi connectivity index (χ3n) is 3.65. The Morgan fingerprint density at radius 1 is 1.29 bits per heavy atom. The SMILES string of the molecule is Cc1ccc(N(Cc2ccco2)C(=O)/C=C\c2cnn(C)c2)cc1. The second-order valence-corrected chi connectivity index (χ2v) is 5.62. The summed E-state index contributed by atoms with van der Waals surface area (Å²) in [5, 5.41) is 4.09. The van der Waals surface area contributed by atoms with Crippen LogP contribution < -0.4 is 4.90 Å². The smallest absolute Gasteiger partial charge is 0.251 e. The molecule has 0 aliphatic heterocycles.